The number of likely N-dealkylation sites (N-methyl/N-ethyl adjacent to an activating group) is 1. The van der Waals surface area contributed by atoms with Crippen LogP contribution in [0.2, 0.25) is 0 Å². The molecule has 0 bridgehead atoms. The number of hydrogen-bond donors (Lipinski definition) is 4. The van der Waals surface area contributed by atoms with Crippen molar-refractivity contribution in [2.75, 3.05) is 37.3 Å². The number of nitrogens with zero attached hydrogens (tertiary/aromatic N) is 3. The van der Waals surface area contributed by atoms with Crippen LogP contribution in [0.15, 0.2) is 66.9 Å². The van der Waals surface area contributed by atoms with E-state index in [9.17, 15) is 5.11 Å². The van der Waals surface area contributed by atoms with Crippen LogP contribution in [-0.4, -0.2) is 46.3 Å². The van der Waals surface area contributed by atoms with Crippen molar-refractivity contribution < 1.29 is 5.11 Å². The maximum absolute atomic E-state index is 10.8. The van der Waals surface area contributed by atoms with Crippen molar-refractivity contribution in [3.63, 3.8) is 0 Å². The minimum atomic E-state index is 0.106. The van der Waals surface area contributed by atoms with Gasteiger partial charge in [0.15, 0.2) is 0 Å². The first kappa shape index (κ1) is 22.6. The van der Waals surface area contributed by atoms with Gasteiger partial charge in [0.25, 0.3) is 0 Å². The Morgan fingerprint density at radius 3 is 2.09 bits per heavy atom. The van der Waals surface area contributed by atoms with E-state index in [0.29, 0.717) is 30.4 Å². The molecule has 4 N–H and O–H groups in total. The van der Waals surface area contributed by atoms with Gasteiger partial charge in [-0.1, -0.05) is 60.7 Å². The average molecular weight is 445 g/mol. The van der Waals surface area contributed by atoms with E-state index in [1.807, 2.05) is 43.8 Å². The van der Waals surface area contributed by atoms with E-state index in [1.165, 1.54) is 11.1 Å². The monoisotopic (exact) mass is 444 g/mol. The molecule has 0 radical (unpaired) electrons. The van der Waals surface area contributed by atoms with Gasteiger partial charge in [0, 0.05) is 37.8 Å². The first-order chi connectivity index (χ1) is 16.1. The fourth-order valence-electron chi connectivity index (χ4n) is 3.99. The first-order valence-electron chi connectivity index (χ1n) is 11.4. The van der Waals surface area contributed by atoms with Crippen LogP contribution < -0.4 is 16.0 Å². The Labute approximate surface area is 194 Å². The Bertz CT molecular complexity index is 1130. The molecule has 0 saturated carbocycles. The predicted molar refractivity (Wildman–Crippen MR) is 135 cm³/mol. The molecule has 0 atom stereocenters. The molecule has 7 nitrogen and oxygen atoms in total. The van der Waals surface area contributed by atoms with Gasteiger partial charge >= 0.3 is 0 Å². The Morgan fingerprint density at radius 1 is 0.879 bits per heavy atom. The number of nitrogens with one attached hydrogen (secondary N) is 3. The van der Waals surface area contributed by atoms with E-state index < -0.39 is 0 Å². The highest BCUT2D eigenvalue weighted by molar-refractivity contribution is 5.94. The summed E-state index contributed by atoms with van der Waals surface area (Å²) in [5.41, 5.74) is 3.01. The second-order valence-corrected chi connectivity index (χ2v) is 8.40. The van der Waals surface area contributed by atoms with Gasteiger partial charge in [-0.15, -0.1) is 0 Å². The Morgan fingerprint density at radius 2 is 1.52 bits per heavy atom. The smallest absolute Gasteiger partial charge is 0.225 e. The Kier molecular flexibility index (Phi) is 7.10. The lowest BCUT2D eigenvalue weighted by Crippen LogP contribution is -2.19. The van der Waals surface area contributed by atoms with E-state index in [4.69, 9.17) is 4.98 Å². The summed E-state index contributed by atoms with van der Waals surface area (Å²) < 4.78 is 1.83. The quantitative estimate of drug-likeness (QED) is 0.268. The molecule has 33 heavy (non-hydrogen) atoms. The fraction of sp³-hybridized carbons (Fsp3) is 0.308. The van der Waals surface area contributed by atoms with Crippen LogP contribution >= 0.6 is 0 Å². The summed E-state index contributed by atoms with van der Waals surface area (Å²) in [4.78, 5) is 9.35. The van der Waals surface area contributed by atoms with Crippen molar-refractivity contribution >= 4 is 22.7 Å². The van der Waals surface area contributed by atoms with Crippen molar-refractivity contribution in [1.82, 2.24) is 19.9 Å². The summed E-state index contributed by atoms with van der Waals surface area (Å²) in [5.74, 6) is 1.51. The van der Waals surface area contributed by atoms with E-state index in [2.05, 4.69) is 69.5 Å². The maximum Gasteiger partial charge on any atom is 0.225 e. The number of aromatic hydroxyl groups is 1. The van der Waals surface area contributed by atoms with Gasteiger partial charge in [-0.05, 0) is 32.0 Å². The zero-order valence-electron chi connectivity index (χ0n) is 19.4. The zero-order chi connectivity index (χ0) is 23.2. The van der Waals surface area contributed by atoms with Gasteiger partial charge in [0.2, 0.25) is 11.8 Å². The Hall–Kier alpha value is -3.58. The minimum Gasteiger partial charge on any atom is -0.493 e. The number of hydrogen-bond acceptors (Lipinski definition) is 6. The topological polar surface area (TPSA) is 87.0 Å². The molecule has 4 rings (SSSR count). The van der Waals surface area contributed by atoms with Crippen LogP contribution in [0.25, 0.3) is 10.9 Å². The number of aromatic nitrogens is 3. The molecule has 0 aliphatic heterocycles. The van der Waals surface area contributed by atoms with E-state index in [-0.39, 0.29) is 17.8 Å². The lowest BCUT2D eigenvalue weighted by atomic mass is 9.91. The normalized spacial score (nSPS) is 11.4. The van der Waals surface area contributed by atoms with Crippen molar-refractivity contribution in [2.24, 2.45) is 0 Å². The Balaban J connectivity index is 1.70. The largest absolute Gasteiger partial charge is 0.493 e. The van der Waals surface area contributed by atoms with E-state index in [1.54, 1.807) is 0 Å². The second-order valence-electron chi connectivity index (χ2n) is 8.40. The highest BCUT2D eigenvalue weighted by atomic mass is 16.3. The van der Waals surface area contributed by atoms with Gasteiger partial charge in [-0.3, -0.25) is 0 Å². The summed E-state index contributed by atoms with van der Waals surface area (Å²) in [7, 11) is 1.90. The van der Waals surface area contributed by atoms with Gasteiger partial charge < -0.3 is 25.6 Å². The summed E-state index contributed by atoms with van der Waals surface area (Å²) in [5, 5.41) is 21.5. The summed E-state index contributed by atoms with van der Waals surface area (Å²) in [6.45, 7) is 6.19. The second kappa shape index (κ2) is 10.4. The molecule has 2 aromatic heterocycles. The molecular formula is C26H32N6O. The van der Waals surface area contributed by atoms with Crippen molar-refractivity contribution in [3.05, 3.63) is 78.0 Å². The first-order valence-corrected chi connectivity index (χ1v) is 11.4. The van der Waals surface area contributed by atoms with Crippen molar-refractivity contribution in [1.29, 1.82) is 0 Å². The van der Waals surface area contributed by atoms with Crippen LogP contribution in [-0.2, 0) is 0 Å². The predicted octanol–water partition coefficient (Wildman–Crippen LogP) is 4.59. The van der Waals surface area contributed by atoms with Crippen LogP contribution in [0, 0.1) is 0 Å². The van der Waals surface area contributed by atoms with Crippen LogP contribution in [0.1, 0.15) is 36.9 Å². The zero-order valence-corrected chi connectivity index (χ0v) is 19.4. The highest BCUT2D eigenvalue weighted by Gasteiger charge is 2.20. The molecule has 172 valence electrons. The molecule has 2 heterocycles. The summed E-state index contributed by atoms with van der Waals surface area (Å²) >= 11 is 0. The van der Waals surface area contributed by atoms with E-state index >= 15 is 0 Å². The lowest BCUT2D eigenvalue weighted by Gasteiger charge is -2.20. The van der Waals surface area contributed by atoms with Crippen molar-refractivity contribution in [2.45, 2.75) is 25.8 Å². The lowest BCUT2D eigenvalue weighted by molar-refractivity contribution is 0.404. The summed E-state index contributed by atoms with van der Waals surface area (Å²) in [6, 6.07) is 21.1. The highest BCUT2D eigenvalue weighted by Crippen LogP contribution is 2.34. The molecular weight excluding hydrogens is 412 g/mol. The molecule has 2 aromatic carbocycles. The molecule has 0 saturated heterocycles. The molecule has 0 fully saturated rings. The number of anilines is 2. The van der Waals surface area contributed by atoms with Gasteiger partial charge in [0.05, 0.1) is 5.39 Å². The molecule has 0 aliphatic carbocycles. The van der Waals surface area contributed by atoms with Crippen LogP contribution in [0.4, 0.5) is 11.8 Å². The molecule has 0 spiro atoms. The number of rotatable bonds is 10. The van der Waals surface area contributed by atoms with Crippen LogP contribution in [0.5, 0.6) is 5.88 Å². The van der Waals surface area contributed by atoms with Gasteiger partial charge in [0.1, 0.15) is 11.3 Å². The van der Waals surface area contributed by atoms with E-state index in [0.717, 1.165) is 11.9 Å². The van der Waals surface area contributed by atoms with Gasteiger partial charge in [-0.25, -0.2) is 4.98 Å². The molecule has 7 heteroatoms. The third-order valence-electron chi connectivity index (χ3n) is 5.76. The third kappa shape index (κ3) is 5.09. The summed E-state index contributed by atoms with van der Waals surface area (Å²) in [6.07, 6.45) is 1.93. The molecule has 0 aliphatic rings. The average Bonchev–Trinajstić information content (AvgIpc) is 3.18. The number of benzene rings is 2. The van der Waals surface area contributed by atoms with Crippen LogP contribution in [0.3, 0.4) is 0 Å². The van der Waals surface area contributed by atoms with Crippen molar-refractivity contribution in [3.8, 4) is 5.88 Å². The van der Waals surface area contributed by atoms with Gasteiger partial charge in [-0.2, -0.15) is 4.98 Å². The molecule has 0 unspecified atom stereocenters. The molecule has 0 amide bonds. The standard InChI is InChI=1S/C26H32N6O/c1-18(2)32-17-22-23(25(32)33)30-26(28-15-14-27-3)31-24(22)29-16-21(19-10-6-4-7-11-19)20-12-8-5-9-13-20/h4-13,17-18,21,27,33H,14-16H2,1-3H3,(H2,28,29,30,31). The minimum absolute atomic E-state index is 0.106. The third-order valence-corrected chi connectivity index (χ3v) is 5.76. The fourth-order valence-corrected chi connectivity index (χ4v) is 3.99. The maximum atomic E-state index is 10.8. The number of fused-ring (bicyclic) bond motifs is 1. The SMILES string of the molecule is CNCCNc1nc(NCC(c2ccccc2)c2ccccc2)c2cn(C(C)C)c(O)c2n1. The molecule has 4 aromatic rings.